The van der Waals surface area contributed by atoms with Gasteiger partial charge in [0.05, 0.1) is 12.1 Å². The Morgan fingerprint density at radius 3 is 3.06 bits per heavy atom. The smallest absolute Gasteiger partial charge is 0.237 e. The highest BCUT2D eigenvalue weighted by Gasteiger charge is 2.23. The zero-order chi connectivity index (χ0) is 12.3. The van der Waals surface area contributed by atoms with Gasteiger partial charge in [0, 0.05) is 5.02 Å². The molecule has 1 amide bonds. The number of benzene rings is 1. The van der Waals surface area contributed by atoms with Gasteiger partial charge in [0.25, 0.3) is 0 Å². The fourth-order valence-electron chi connectivity index (χ4n) is 2.08. The average Bonchev–Trinajstić information content (AvgIpc) is 2.82. The minimum absolute atomic E-state index is 0.0106. The summed E-state index contributed by atoms with van der Waals surface area (Å²) >= 11 is 5.93. The van der Waals surface area contributed by atoms with Crippen molar-refractivity contribution in [1.82, 2.24) is 10.6 Å². The van der Waals surface area contributed by atoms with E-state index < -0.39 is 0 Å². The second kappa shape index (κ2) is 5.52. The van der Waals surface area contributed by atoms with Crippen LogP contribution < -0.4 is 10.6 Å². The van der Waals surface area contributed by atoms with Crippen LogP contribution in [0.2, 0.25) is 5.02 Å². The first-order valence-corrected chi connectivity index (χ1v) is 6.34. The van der Waals surface area contributed by atoms with E-state index in [1.54, 1.807) is 0 Å². The quantitative estimate of drug-likeness (QED) is 0.867. The summed E-state index contributed by atoms with van der Waals surface area (Å²) in [5, 5.41) is 6.89. The molecule has 0 radical (unpaired) electrons. The van der Waals surface area contributed by atoms with Gasteiger partial charge in [-0.1, -0.05) is 23.7 Å². The van der Waals surface area contributed by atoms with Gasteiger partial charge in [0.1, 0.15) is 0 Å². The van der Waals surface area contributed by atoms with Gasteiger partial charge in [-0.25, -0.2) is 0 Å². The highest BCUT2D eigenvalue weighted by molar-refractivity contribution is 6.30. The molecule has 2 N–H and O–H groups in total. The minimum Gasteiger partial charge on any atom is -0.348 e. The van der Waals surface area contributed by atoms with E-state index in [0.717, 1.165) is 24.9 Å². The van der Waals surface area contributed by atoms with Gasteiger partial charge >= 0.3 is 0 Å². The maximum absolute atomic E-state index is 11.9. The number of carbonyl (C=O) groups is 1. The molecule has 3 nitrogen and oxygen atoms in total. The molecule has 0 aromatic heterocycles. The number of rotatable bonds is 3. The van der Waals surface area contributed by atoms with Gasteiger partial charge in [0.2, 0.25) is 5.91 Å². The lowest BCUT2D eigenvalue weighted by Crippen LogP contribution is -2.41. The lowest BCUT2D eigenvalue weighted by molar-refractivity contribution is -0.123. The Hall–Kier alpha value is -1.06. The Labute approximate surface area is 107 Å². The van der Waals surface area contributed by atoms with Crippen LogP contribution in [0.1, 0.15) is 31.4 Å². The standard InChI is InChI=1S/C13H17ClN2O/c1-9(10-4-2-5-11(14)8-10)16-13(17)12-6-3-7-15-12/h2,4-5,8-9,12,15H,3,6-7H2,1H3,(H,16,17)/t9-,12+/m1/s1. The second-order valence-electron chi connectivity index (χ2n) is 4.43. The summed E-state index contributed by atoms with van der Waals surface area (Å²) in [4.78, 5) is 11.9. The fraction of sp³-hybridized carbons (Fsp3) is 0.462. The van der Waals surface area contributed by atoms with Crippen LogP contribution >= 0.6 is 11.6 Å². The third-order valence-electron chi connectivity index (χ3n) is 3.08. The van der Waals surface area contributed by atoms with Gasteiger partial charge < -0.3 is 10.6 Å². The predicted molar refractivity (Wildman–Crippen MR) is 69.0 cm³/mol. The van der Waals surface area contributed by atoms with E-state index in [4.69, 9.17) is 11.6 Å². The SMILES string of the molecule is C[C@@H](NC(=O)[C@@H]1CCCN1)c1cccc(Cl)c1. The molecule has 0 saturated carbocycles. The molecular weight excluding hydrogens is 236 g/mol. The van der Waals surface area contributed by atoms with Crippen LogP contribution in [-0.4, -0.2) is 18.5 Å². The Balaban J connectivity index is 1.96. The molecule has 1 aromatic carbocycles. The third-order valence-corrected chi connectivity index (χ3v) is 3.32. The normalized spacial score (nSPS) is 21.2. The van der Waals surface area contributed by atoms with Crippen molar-refractivity contribution in [3.8, 4) is 0 Å². The molecule has 1 aromatic rings. The lowest BCUT2D eigenvalue weighted by Gasteiger charge is -2.17. The first-order chi connectivity index (χ1) is 8.16. The highest BCUT2D eigenvalue weighted by atomic mass is 35.5. The largest absolute Gasteiger partial charge is 0.348 e. The molecule has 2 rings (SSSR count). The number of carbonyl (C=O) groups excluding carboxylic acids is 1. The van der Waals surface area contributed by atoms with E-state index in [1.807, 2.05) is 31.2 Å². The van der Waals surface area contributed by atoms with E-state index in [1.165, 1.54) is 0 Å². The second-order valence-corrected chi connectivity index (χ2v) is 4.87. The van der Waals surface area contributed by atoms with E-state index in [2.05, 4.69) is 10.6 Å². The number of hydrogen-bond acceptors (Lipinski definition) is 2. The number of halogens is 1. The summed E-state index contributed by atoms with van der Waals surface area (Å²) in [5.74, 6) is 0.0787. The van der Waals surface area contributed by atoms with Crippen molar-refractivity contribution < 1.29 is 4.79 Å². The monoisotopic (exact) mass is 252 g/mol. The van der Waals surface area contributed by atoms with Crippen molar-refractivity contribution in [2.75, 3.05) is 6.54 Å². The van der Waals surface area contributed by atoms with Crippen molar-refractivity contribution in [1.29, 1.82) is 0 Å². The lowest BCUT2D eigenvalue weighted by atomic mass is 10.1. The molecular formula is C13H17ClN2O. The molecule has 0 unspecified atom stereocenters. The Bertz CT molecular complexity index is 402. The van der Waals surface area contributed by atoms with Crippen molar-refractivity contribution in [2.24, 2.45) is 0 Å². The van der Waals surface area contributed by atoms with Gasteiger partial charge in [-0.05, 0) is 44.0 Å². The van der Waals surface area contributed by atoms with Crippen molar-refractivity contribution in [3.05, 3.63) is 34.9 Å². The number of hydrogen-bond donors (Lipinski definition) is 2. The molecule has 4 heteroatoms. The fourth-order valence-corrected chi connectivity index (χ4v) is 2.28. The van der Waals surface area contributed by atoms with E-state index in [0.29, 0.717) is 5.02 Å². The average molecular weight is 253 g/mol. The first kappa shape index (κ1) is 12.4. The molecule has 1 heterocycles. The molecule has 1 saturated heterocycles. The van der Waals surface area contributed by atoms with Crippen LogP contribution in [-0.2, 0) is 4.79 Å². The van der Waals surface area contributed by atoms with Gasteiger partial charge in [-0.15, -0.1) is 0 Å². The summed E-state index contributed by atoms with van der Waals surface area (Å²) in [6, 6.07) is 7.54. The predicted octanol–water partition coefficient (Wildman–Crippen LogP) is 2.27. The van der Waals surface area contributed by atoms with E-state index >= 15 is 0 Å². The molecule has 0 spiro atoms. The maximum Gasteiger partial charge on any atom is 0.237 e. The van der Waals surface area contributed by atoms with Gasteiger partial charge in [0.15, 0.2) is 0 Å². The Morgan fingerprint density at radius 1 is 1.59 bits per heavy atom. The summed E-state index contributed by atoms with van der Waals surface area (Å²) in [6.07, 6.45) is 2.00. The molecule has 1 aliphatic heterocycles. The zero-order valence-electron chi connectivity index (χ0n) is 9.87. The molecule has 17 heavy (non-hydrogen) atoms. The summed E-state index contributed by atoms with van der Waals surface area (Å²) in [6.45, 7) is 2.90. The Morgan fingerprint density at radius 2 is 2.41 bits per heavy atom. The van der Waals surface area contributed by atoms with Crippen LogP contribution in [0.25, 0.3) is 0 Å². The zero-order valence-corrected chi connectivity index (χ0v) is 10.6. The number of amides is 1. The summed E-state index contributed by atoms with van der Waals surface area (Å²) in [5.41, 5.74) is 1.03. The molecule has 0 aliphatic carbocycles. The van der Waals surface area contributed by atoms with Crippen molar-refractivity contribution in [3.63, 3.8) is 0 Å². The summed E-state index contributed by atoms with van der Waals surface area (Å²) in [7, 11) is 0. The van der Waals surface area contributed by atoms with Gasteiger partial charge in [-0.3, -0.25) is 4.79 Å². The molecule has 1 aliphatic rings. The summed E-state index contributed by atoms with van der Waals surface area (Å²) < 4.78 is 0. The van der Waals surface area contributed by atoms with Crippen LogP contribution in [0, 0.1) is 0 Å². The maximum atomic E-state index is 11.9. The molecule has 92 valence electrons. The van der Waals surface area contributed by atoms with Crippen molar-refractivity contribution >= 4 is 17.5 Å². The third kappa shape index (κ3) is 3.20. The Kier molecular flexibility index (Phi) is 4.02. The van der Waals surface area contributed by atoms with E-state index in [-0.39, 0.29) is 18.0 Å². The van der Waals surface area contributed by atoms with Gasteiger partial charge in [-0.2, -0.15) is 0 Å². The molecule has 1 fully saturated rings. The van der Waals surface area contributed by atoms with Crippen molar-refractivity contribution in [2.45, 2.75) is 31.8 Å². The number of nitrogens with one attached hydrogen (secondary N) is 2. The van der Waals surface area contributed by atoms with E-state index in [9.17, 15) is 4.79 Å². The minimum atomic E-state index is -0.0309. The first-order valence-electron chi connectivity index (χ1n) is 5.96. The molecule has 0 bridgehead atoms. The van der Waals surface area contributed by atoms with Crippen LogP contribution in [0.3, 0.4) is 0 Å². The van der Waals surface area contributed by atoms with Crippen LogP contribution in [0.4, 0.5) is 0 Å². The molecule has 2 atom stereocenters. The van der Waals surface area contributed by atoms with Crippen LogP contribution in [0.5, 0.6) is 0 Å². The van der Waals surface area contributed by atoms with Crippen LogP contribution in [0.15, 0.2) is 24.3 Å². The topological polar surface area (TPSA) is 41.1 Å². The highest BCUT2D eigenvalue weighted by Crippen LogP contribution is 2.17.